The van der Waals surface area contributed by atoms with E-state index in [9.17, 15) is 14.0 Å². The summed E-state index contributed by atoms with van der Waals surface area (Å²) in [7, 11) is 0. The Morgan fingerprint density at radius 1 is 1.33 bits per heavy atom. The van der Waals surface area contributed by atoms with E-state index < -0.39 is 28.3 Å². The Labute approximate surface area is 217 Å². The molecule has 4 fully saturated rings. The quantitative estimate of drug-likeness (QED) is 0.571. The first kappa shape index (κ1) is 24.8. The number of benzene rings is 1. The van der Waals surface area contributed by atoms with E-state index >= 15 is 0 Å². The van der Waals surface area contributed by atoms with Gasteiger partial charge in [0.15, 0.2) is 0 Å². The van der Waals surface area contributed by atoms with E-state index in [0.29, 0.717) is 29.2 Å². The lowest BCUT2D eigenvalue weighted by molar-refractivity contribution is -0.122. The highest BCUT2D eigenvalue weighted by Crippen LogP contribution is 2.53. The fourth-order valence-corrected chi connectivity index (χ4v) is 5.22. The number of fused-ring (bicyclic) bond motifs is 1. The van der Waals surface area contributed by atoms with Crippen molar-refractivity contribution in [3.05, 3.63) is 48.5 Å². The molecule has 3 heterocycles. The number of nitrogens with zero attached hydrogens (tertiary/aromatic N) is 3. The largest absolute Gasteiger partial charge is 0.442 e. The number of pyridine rings is 1. The van der Waals surface area contributed by atoms with Crippen LogP contribution in [0.2, 0.25) is 0 Å². The van der Waals surface area contributed by atoms with Gasteiger partial charge in [0.05, 0.1) is 36.7 Å². The van der Waals surface area contributed by atoms with E-state index in [4.69, 9.17) is 33.2 Å². The molecule has 2 saturated heterocycles. The van der Waals surface area contributed by atoms with Crippen molar-refractivity contribution in [2.45, 2.75) is 16.9 Å². The number of ether oxygens (including phenoxy) is 1. The first-order valence-electron chi connectivity index (χ1n) is 11.7. The summed E-state index contributed by atoms with van der Waals surface area (Å²) in [6, 6.07) is 10.3. The molecule has 11 heteroatoms. The maximum Gasteiger partial charge on any atom is 0.414 e. The van der Waals surface area contributed by atoms with Gasteiger partial charge in [0.1, 0.15) is 16.3 Å². The van der Waals surface area contributed by atoms with Crippen LogP contribution in [-0.2, 0) is 9.53 Å². The van der Waals surface area contributed by atoms with E-state index in [1.54, 1.807) is 36.7 Å². The lowest BCUT2D eigenvalue weighted by atomic mass is 10.1. The molecule has 0 radical (unpaired) electrons. The summed E-state index contributed by atoms with van der Waals surface area (Å²) in [4.78, 5) is 29.4. The van der Waals surface area contributed by atoms with Crippen molar-refractivity contribution < 1.29 is 18.7 Å². The van der Waals surface area contributed by atoms with Crippen molar-refractivity contribution in [1.29, 1.82) is 5.26 Å². The third-order valence-electron chi connectivity index (χ3n) is 7.00. The van der Waals surface area contributed by atoms with Gasteiger partial charge in [-0.05, 0) is 55.6 Å². The summed E-state index contributed by atoms with van der Waals surface area (Å²) in [6.07, 6.45) is 2.44. The molecule has 1 aromatic heterocycles. The molecule has 2 saturated carbocycles. The summed E-state index contributed by atoms with van der Waals surface area (Å²) in [5.74, 6) is 0.671. The number of hydrogen-bond acceptors (Lipinski definition) is 6. The number of nitrogens with one attached hydrogen (secondary N) is 2. The number of anilines is 1. The Hall–Kier alpha value is -2.93. The van der Waals surface area contributed by atoms with Gasteiger partial charge in [0.2, 0.25) is 5.91 Å². The van der Waals surface area contributed by atoms with Gasteiger partial charge in [-0.3, -0.25) is 14.7 Å². The maximum absolute atomic E-state index is 14.5. The van der Waals surface area contributed by atoms with Crippen molar-refractivity contribution in [2.75, 3.05) is 31.1 Å². The van der Waals surface area contributed by atoms with E-state index in [1.165, 1.54) is 11.0 Å². The molecule has 6 rings (SSSR count). The predicted molar refractivity (Wildman–Crippen MR) is 132 cm³/mol. The molecule has 2 aliphatic heterocycles. The van der Waals surface area contributed by atoms with Gasteiger partial charge in [0, 0.05) is 23.5 Å². The predicted octanol–water partition coefficient (Wildman–Crippen LogP) is 3.50. The highest BCUT2D eigenvalue weighted by Gasteiger charge is 2.56. The third kappa shape index (κ3) is 5.12. The minimum absolute atomic E-state index is 0.137. The Morgan fingerprint density at radius 3 is 2.67 bits per heavy atom. The summed E-state index contributed by atoms with van der Waals surface area (Å²) >= 11 is 11.7. The molecule has 1 aromatic carbocycles. The second-order valence-electron chi connectivity index (χ2n) is 9.43. The number of nitriles is 1. The van der Waals surface area contributed by atoms with Crippen LogP contribution in [0.1, 0.15) is 6.42 Å². The topological polar surface area (TPSA) is 107 Å². The van der Waals surface area contributed by atoms with E-state index in [1.807, 2.05) is 0 Å². The number of amides is 2. The number of alkyl halides is 2. The number of hydrogen-bond donors (Lipinski definition) is 2. The van der Waals surface area contributed by atoms with Gasteiger partial charge >= 0.3 is 6.09 Å². The van der Waals surface area contributed by atoms with Crippen LogP contribution < -0.4 is 15.5 Å². The van der Waals surface area contributed by atoms with E-state index in [0.717, 1.165) is 24.9 Å². The number of carbonyl (C=O) groups is 2. The molecular weight excluding hydrogens is 508 g/mol. The molecule has 8 nitrogen and oxygen atoms in total. The van der Waals surface area contributed by atoms with Crippen LogP contribution in [0.15, 0.2) is 42.7 Å². The smallest absolute Gasteiger partial charge is 0.414 e. The molecule has 3 unspecified atom stereocenters. The van der Waals surface area contributed by atoms with Gasteiger partial charge in [-0.2, -0.15) is 5.26 Å². The Bertz CT molecular complexity index is 1200. The molecule has 0 bridgehead atoms. The Morgan fingerprint density at radius 2 is 2.08 bits per heavy atom. The van der Waals surface area contributed by atoms with Crippen LogP contribution in [0, 0.1) is 40.8 Å². The van der Waals surface area contributed by atoms with Gasteiger partial charge in [0.25, 0.3) is 0 Å². The number of halogens is 3. The summed E-state index contributed by atoms with van der Waals surface area (Å²) < 4.78 is 18.8. The van der Waals surface area contributed by atoms with Crippen molar-refractivity contribution >= 4 is 40.9 Å². The van der Waals surface area contributed by atoms with Crippen molar-refractivity contribution in [1.82, 2.24) is 15.6 Å². The maximum atomic E-state index is 14.5. The average Bonchev–Trinajstić information content (AvgIpc) is 3.55. The first-order valence-corrected chi connectivity index (χ1v) is 12.5. The molecular formula is C25H24Cl2FN5O3. The SMILES string of the molecule is N#CC1C2CNC[C@@H]12.O=C(NC[C@H]1CN(c2ccc(-c3cccnc3)c(F)c2)C(=O)O1)C1CC1(Cl)Cl. The normalized spacial score (nSPS) is 28.8. The standard InChI is InChI=1S/C19H16Cl2FN3O3.C6H8N2/c20-19(21)7-15(19)17(26)24-9-13-10-25(18(27)28-13)12-3-4-14(16(22)6-12)11-2-1-5-23-8-11;7-1-4-5-2-8-3-6(4)5/h1-6,8,13,15H,7,9-10H2,(H,24,26);4-6,8H,2-3H2/t13-,15?;4?,5-,6?/m00/s1. The molecule has 0 spiro atoms. The molecule has 2 aromatic rings. The van der Waals surface area contributed by atoms with Gasteiger partial charge in [-0.25, -0.2) is 9.18 Å². The summed E-state index contributed by atoms with van der Waals surface area (Å²) in [5, 5.41) is 14.4. The fraction of sp³-hybridized carbons (Fsp3) is 0.440. The van der Waals surface area contributed by atoms with Crippen LogP contribution in [0.25, 0.3) is 11.1 Å². The van der Waals surface area contributed by atoms with Crippen LogP contribution in [0.5, 0.6) is 0 Å². The molecule has 36 heavy (non-hydrogen) atoms. The lowest BCUT2D eigenvalue weighted by Gasteiger charge is -2.14. The van der Waals surface area contributed by atoms with Crippen LogP contribution in [0.3, 0.4) is 0 Å². The fourth-order valence-electron chi connectivity index (χ4n) is 4.71. The Balaban J connectivity index is 0.000000280. The second kappa shape index (κ2) is 9.85. The number of cyclic esters (lactones) is 1. The average molecular weight is 532 g/mol. The number of aromatic nitrogens is 1. The Kier molecular flexibility index (Phi) is 6.77. The highest BCUT2D eigenvalue weighted by molar-refractivity contribution is 6.52. The highest BCUT2D eigenvalue weighted by atomic mass is 35.5. The first-order chi connectivity index (χ1) is 17.3. The van der Waals surface area contributed by atoms with Crippen molar-refractivity contribution in [3.8, 4) is 17.2 Å². The lowest BCUT2D eigenvalue weighted by Crippen LogP contribution is -2.36. The van der Waals surface area contributed by atoms with Gasteiger partial charge < -0.3 is 15.4 Å². The van der Waals surface area contributed by atoms with Crippen LogP contribution in [-0.4, -0.2) is 53.6 Å². The molecule has 5 atom stereocenters. The van der Waals surface area contributed by atoms with E-state index in [2.05, 4.69) is 21.7 Å². The van der Waals surface area contributed by atoms with Crippen molar-refractivity contribution in [2.24, 2.45) is 23.7 Å². The van der Waals surface area contributed by atoms with Gasteiger partial charge in [-0.1, -0.05) is 6.07 Å². The van der Waals surface area contributed by atoms with Gasteiger partial charge in [-0.15, -0.1) is 23.2 Å². The monoisotopic (exact) mass is 531 g/mol. The van der Waals surface area contributed by atoms with E-state index in [-0.39, 0.29) is 19.0 Å². The van der Waals surface area contributed by atoms with Crippen LogP contribution >= 0.6 is 23.2 Å². The molecule has 2 N–H and O–H groups in total. The minimum Gasteiger partial charge on any atom is -0.442 e. The minimum atomic E-state index is -1.00. The number of rotatable bonds is 5. The molecule has 4 aliphatic rings. The third-order valence-corrected chi connectivity index (χ3v) is 7.83. The second-order valence-corrected chi connectivity index (χ2v) is 11.0. The number of carbonyl (C=O) groups excluding carboxylic acids is 2. The van der Waals surface area contributed by atoms with Crippen LogP contribution in [0.4, 0.5) is 14.9 Å². The zero-order chi connectivity index (χ0) is 25.4. The molecule has 188 valence electrons. The zero-order valence-electron chi connectivity index (χ0n) is 19.2. The number of piperidine rings is 1. The zero-order valence-corrected chi connectivity index (χ0v) is 20.7. The van der Waals surface area contributed by atoms with Crippen molar-refractivity contribution in [3.63, 3.8) is 0 Å². The summed E-state index contributed by atoms with van der Waals surface area (Å²) in [6.45, 7) is 2.51. The molecule has 2 amide bonds. The summed E-state index contributed by atoms with van der Waals surface area (Å²) in [5.41, 5.74) is 1.42. The molecule has 2 aliphatic carbocycles.